The van der Waals surface area contributed by atoms with Gasteiger partial charge in [-0.05, 0) is 30.4 Å². The van der Waals surface area contributed by atoms with Crippen molar-refractivity contribution in [2.24, 2.45) is 0 Å². The van der Waals surface area contributed by atoms with Crippen LogP contribution in [-0.4, -0.2) is 21.7 Å². The summed E-state index contributed by atoms with van der Waals surface area (Å²) in [6.45, 7) is 2.38. The van der Waals surface area contributed by atoms with Crippen LogP contribution < -0.4 is 0 Å². The molecule has 1 aromatic heterocycles. The van der Waals surface area contributed by atoms with Crippen LogP contribution in [0.4, 0.5) is 0 Å². The Morgan fingerprint density at radius 2 is 2.00 bits per heavy atom. The number of nitrogens with one attached hydrogen (secondary N) is 1. The molecule has 1 heterocycles. The number of aromatic nitrogens is 2. The highest BCUT2D eigenvalue weighted by Gasteiger charge is 2.46. The third kappa shape index (κ3) is 2.30. The van der Waals surface area contributed by atoms with E-state index in [1.54, 1.807) is 0 Å². The monoisotopic (exact) mass is 256 g/mol. The first-order valence-electron chi connectivity index (χ1n) is 7.03. The average molecular weight is 256 g/mol. The van der Waals surface area contributed by atoms with Crippen LogP contribution in [0.1, 0.15) is 37.6 Å². The van der Waals surface area contributed by atoms with Gasteiger partial charge in [0.25, 0.3) is 0 Å². The van der Waals surface area contributed by atoms with E-state index in [1.165, 1.54) is 12.0 Å². The molecule has 2 aromatic rings. The fourth-order valence-corrected chi connectivity index (χ4v) is 2.50. The summed E-state index contributed by atoms with van der Waals surface area (Å²) in [7, 11) is 0. The molecule has 100 valence electrons. The van der Waals surface area contributed by atoms with Gasteiger partial charge in [-0.15, -0.1) is 0 Å². The van der Waals surface area contributed by atoms with Gasteiger partial charge in [0.05, 0.1) is 23.9 Å². The quantitative estimate of drug-likeness (QED) is 0.863. The van der Waals surface area contributed by atoms with E-state index in [2.05, 4.69) is 41.2 Å². The van der Waals surface area contributed by atoms with E-state index in [9.17, 15) is 5.11 Å². The second kappa shape index (κ2) is 4.82. The molecule has 0 radical (unpaired) electrons. The summed E-state index contributed by atoms with van der Waals surface area (Å²) >= 11 is 0. The lowest BCUT2D eigenvalue weighted by molar-refractivity contribution is 0.250. The highest BCUT2D eigenvalue weighted by molar-refractivity contribution is 5.59. The summed E-state index contributed by atoms with van der Waals surface area (Å²) in [5.41, 5.74) is 3.49. The standard InChI is InChI=1S/C16H20N2O/c1-2-3-12-4-6-13(7-5-12)14-10-17-15(18-14)16(11-19)8-9-16/h4-7,10,19H,2-3,8-9,11H2,1H3,(H,17,18). The zero-order chi connectivity index (χ0) is 13.3. The zero-order valence-electron chi connectivity index (χ0n) is 11.3. The third-order valence-corrected chi connectivity index (χ3v) is 4.04. The Kier molecular flexibility index (Phi) is 3.15. The summed E-state index contributed by atoms with van der Waals surface area (Å²) in [6.07, 6.45) is 6.24. The van der Waals surface area contributed by atoms with Crippen LogP contribution in [0.3, 0.4) is 0 Å². The van der Waals surface area contributed by atoms with Gasteiger partial charge in [0.15, 0.2) is 0 Å². The summed E-state index contributed by atoms with van der Waals surface area (Å²) < 4.78 is 0. The molecular weight excluding hydrogens is 236 g/mol. The van der Waals surface area contributed by atoms with Crippen molar-refractivity contribution in [1.29, 1.82) is 0 Å². The van der Waals surface area contributed by atoms with Crippen molar-refractivity contribution >= 4 is 0 Å². The van der Waals surface area contributed by atoms with Crippen LogP contribution in [0, 0.1) is 0 Å². The van der Waals surface area contributed by atoms with E-state index in [-0.39, 0.29) is 12.0 Å². The van der Waals surface area contributed by atoms with Crippen molar-refractivity contribution in [3.05, 3.63) is 41.9 Å². The molecule has 0 saturated heterocycles. The van der Waals surface area contributed by atoms with E-state index in [0.29, 0.717) is 0 Å². The molecule has 0 amide bonds. The zero-order valence-corrected chi connectivity index (χ0v) is 11.3. The van der Waals surface area contributed by atoms with E-state index >= 15 is 0 Å². The minimum atomic E-state index is -0.0829. The van der Waals surface area contributed by atoms with E-state index in [4.69, 9.17) is 0 Å². The van der Waals surface area contributed by atoms with Crippen LogP contribution in [0.5, 0.6) is 0 Å². The Labute approximate surface area is 113 Å². The molecule has 1 saturated carbocycles. The Bertz CT molecular complexity index is 552. The summed E-state index contributed by atoms with van der Waals surface area (Å²) in [6, 6.07) is 8.64. The van der Waals surface area contributed by atoms with Crippen LogP contribution in [0.25, 0.3) is 11.3 Å². The van der Waals surface area contributed by atoms with Crippen molar-refractivity contribution in [3.63, 3.8) is 0 Å². The smallest absolute Gasteiger partial charge is 0.115 e. The summed E-state index contributed by atoms with van der Waals surface area (Å²) in [4.78, 5) is 7.80. The predicted octanol–water partition coefficient (Wildman–Crippen LogP) is 3.05. The number of aryl methyl sites for hydroxylation is 1. The molecular formula is C16H20N2O. The van der Waals surface area contributed by atoms with Gasteiger partial charge in [0.2, 0.25) is 0 Å². The number of rotatable bonds is 5. The van der Waals surface area contributed by atoms with Gasteiger partial charge < -0.3 is 10.1 Å². The number of hydrogen-bond donors (Lipinski definition) is 2. The maximum atomic E-state index is 9.43. The first kappa shape index (κ1) is 12.4. The van der Waals surface area contributed by atoms with Crippen LogP contribution in [0.15, 0.2) is 30.5 Å². The van der Waals surface area contributed by atoms with Crippen molar-refractivity contribution in [2.75, 3.05) is 6.61 Å². The first-order chi connectivity index (χ1) is 9.27. The number of H-pyrrole nitrogens is 1. The maximum absolute atomic E-state index is 9.43. The molecule has 3 heteroatoms. The molecule has 0 atom stereocenters. The molecule has 0 spiro atoms. The molecule has 1 aromatic carbocycles. The third-order valence-electron chi connectivity index (χ3n) is 4.04. The van der Waals surface area contributed by atoms with Gasteiger partial charge in [0, 0.05) is 0 Å². The Balaban J connectivity index is 1.82. The van der Waals surface area contributed by atoms with Crippen molar-refractivity contribution in [3.8, 4) is 11.3 Å². The highest BCUT2D eigenvalue weighted by Crippen LogP contribution is 2.46. The average Bonchev–Trinajstić information content (AvgIpc) is 3.09. The molecule has 3 nitrogen and oxygen atoms in total. The second-order valence-electron chi connectivity index (χ2n) is 5.53. The lowest BCUT2D eigenvalue weighted by Crippen LogP contribution is -2.13. The van der Waals surface area contributed by atoms with Gasteiger partial charge in [0.1, 0.15) is 5.82 Å². The Morgan fingerprint density at radius 3 is 2.58 bits per heavy atom. The van der Waals surface area contributed by atoms with Gasteiger partial charge in [-0.1, -0.05) is 37.6 Å². The molecule has 0 bridgehead atoms. The van der Waals surface area contributed by atoms with Crippen molar-refractivity contribution in [1.82, 2.24) is 9.97 Å². The van der Waals surface area contributed by atoms with Gasteiger partial charge >= 0.3 is 0 Å². The normalized spacial score (nSPS) is 16.5. The van der Waals surface area contributed by atoms with Gasteiger partial charge in [-0.2, -0.15) is 0 Å². The lowest BCUT2D eigenvalue weighted by Gasteiger charge is -2.07. The van der Waals surface area contributed by atoms with Gasteiger partial charge in [-0.25, -0.2) is 4.98 Å². The SMILES string of the molecule is CCCc1ccc(-c2cnc(C3(CO)CC3)[nH]2)cc1. The number of imidazole rings is 1. The van der Waals surface area contributed by atoms with Crippen LogP contribution in [-0.2, 0) is 11.8 Å². The Hall–Kier alpha value is -1.61. The molecule has 0 aliphatic heterocycles. The van der Waals surface area contributed by atoms with E-state index in [0.717, 1.165) is 36.3 Å². The van der Waals surface area contributed by atoms with E-state index < -0.39 is 0 Å². The predicted molar refractivity (Wildman–Crippen MR) is 76.0 cm³/mol. The number of aromatic amines is 1. The summed E-state index contributed by atoms with van der Waals surface area (Å²) in [5, 5.41) is 9.43. The molecule has 0 unspecified atom stereocenters. The number of nitrogens with zero attached hydrogens (tertiary/aromatic N) is 1. The minimum absolute atomic E-state index is 0.0829. The fraction of sp³-hybridized carbons (Fsp3) is 0.438. The van der Waals surface area contributed by atoms with E-state index in [1.807, 2.05) is 6.20 Å². The fourth-order valence-electron chi connectivity index (χ4n) is 2.50. The van der Waals surface area contributed by atoms with Gasteiger partial charge in [-0.3, -0.25) is 0 Å². The number of benzene rings is 1. The van der Waals surface area contributed by atoms with Crippen LogP contribution >= 0.6 is 0 Å². The maximum Gasteiger partial charge on any atom is 0.115 e. The largest absolute Gasteiger partial charge is 0.395 e. The molecule has 1 fully saturated rings. The topological polar surface area (TPSA) is 48.9 Å². The van der Waals surface area contributed by atoms with Crippen molar-refractivity contribution < 1.29 is 5.11 Å². The van der Waals surface area contributed by atoms with Crippen molar-refractivity contribution in [2.45, 2.75) is 38.0 Å². The number of aliphatic hydroxyl groups is 1. The molecule has 3 rings (SSSR count). The molecule has 1 aliphatic rings. The molecule has 1 aliphatic carbocycles. The lowest BCUT2D eigenvalue weighted by atomic mass is 10.1. The first-order valence-corrected chi connectivity index (χ1v) is 7.03. The summed E-state index contributed by atoms with van der Waals surface area (Å²) in [5.74, 6) is 0.933. The number of hydrogen-bond acceptors (Lipinski definition) is 2. The Morgan fingerprint density at radius 1 is 1.26 bits per heavy atom. The van der Waals surface area contributed by atoms with Crippen LogP contribution in [0.2, 0.25) is 0 Å². The molecule has 2 N–H and O–H groups in total. The second-order valence-corrected chi connectivity index (χ2v) is 5.53. The minimum Gasteiger partial charge on any atom is -0.395 e. The number of aliphatic hydroxyl groups excluding tert-OH is 1. The molecule has 19 heavy (non-hydrogen) atoms. The highest BCUT2D eigenvalue weighted by atomic mass is 16.3.